The average Bonchev–Trinajstić information content (AvgIpc) is 4.23. The molecule has 6 aliphatic heterocycles. The maximum Gasteiger partial charge on any atom is 0.296 e. The third-order valence-electron chi connectivity index (χ3n) is 13.4. The first kappa shape index (κ1) is 48.7. The lowest BCUT2D eigenvalue weighted by Gasteiger charge is -2.15. The van der Waals surface area contributed by atoms with Crippen LogP contribution in [0.4, 0.5) is 8.78 Å². The van der Waals surface area contributed by atoms with Crippen molar-refractivity contribution in [2.75, 3.05) is 67.1 Å². The molecule has 18 nitrogen and oxygen atoms in total. The Morgan fingerprint density at radius 3 is 1.46 bits per heavy atom. The molecule has 10 atom stereocenters. The van der Waals surface area contributed by atoms with Gasteiger partial charge >= 0.3 is 0 Å². The lowest BCUT2D eigenvalue weighted by atomic mass is 9.94. The summed E-state index contributed by atoms with van der Waals surface area (Å²) < 4.78 is 85.9. The summed E-state index contributed by atoms with van der Waals surface area (Å²) >= 11 is 13.1. The van der Waals surface area contributed by atoms with E-state index >= 15 is 8.78 Å². The Bertz CT molecular complexity index is 2830. The molecule has 0 amide bonds. The van der Waals surface area contributed by atoms with Gasteiger partial charge in [0.25, 0.3) is 12.0 Å². The standard InChI is InChI=1S/2C25H25ClFN3O6/c2*1-32-4-2-3-12-5-15(27)21-13(9-33-19(21)6-12)7-16-14(26)8-17-24(28-16)30-25(29-17)36-20-11-35-22-18(31)10-34-23(20)22/h2*2-3,5-6,8,13,18,20,22-23,31H,4,7,9-11H2,1H3,(H,28,29,30)/b2*3-2+/t13-,18+,20+,22+,23+;13-,18-,20-,22-,23-/m01/s1. The van der Waals surface area contributed by atoms with Crippen molar-refractivity contribution in [1.29, 1.82) is 0 Å². The molecular formula is C50H50Cl2F2N6O12. The number of hydrogen-bond acceptors (Lipinski definition) is 16. The predicted octanol–water partition coefficient (Wildman–Crippen LogP) is 6.07. The zero-order valence-electron chi connectivity index (χ0n) is 38.9. The molecule has 72 heavy (non-hydrogen) atoms. The number of benzene rings is 2. The van der Waals surface area contributed by atoms with Crippen LogP contribution < -0.4 is 18.9 Å². The van der Waals surface area contributed by atoms with E-state index in [1.807, 2.05) is 24.3 Å². The minimum Gasteiger partial charge on any atom is -0.493 e. The summed E-state index contributed by atoms with van der Waals surface area (Å²) in [6.07, 6.45) is 4.41. The number of ether oxygens (including phenoxy) is 10. The number of hydrogen-bond donors (Lipinski definition) is 4. The maximum absolute atomic E-state index is 15.0. The number of aliphatic hydroxyl groups is 2. The van der Waals surface area contributed by atoms with Crippen molar-refractivity contribution in [3.63, 3.8) is 0 Å². The molecule has 0 unspecified atom stereocenters. The summed E-state index contributed by atoms with van der Waals surface area (Å²) in [6, 6.07) is 10.6. The Labute approximate surface area is 420 Å². The molecule has 0 saturated carbocycles. The van der Waals surface area contributed by atoms with Crippen molar-refractivity contribution >= 4 is 57.7 Å². The van der Waals surface area contributed by atoms with Gasteiger partial charge in [-0.25, -0.2) is 18.7 Å². The smallest absolute Gasteiger partial charge is 0.296 e. The molecule has 0 spiro atoms. The second-order valence-electron chi connectivity index (χ2n) is 18.3. The van der Waals surface area contributed by atoms with Crippen molar-refractivity contribution in [3.05, 3.63) is 104 Å². The van der Waals surface area contributed by atoms with Gasteiger partial charge in [-0.2, -0.15) is 9.97 Å². The quantitative estimate of drug-likeness (QED) is 0.0974. The second-order valence-corrected chi connectivity index (χ2v) is 19.1. The molecule has 12 rings (SSSR count). The van der Waals surface area contributed by atoms with Crippen LogP contribution in [0.3, 0.4) is 0 Å². The SMILES string of the molecule is COC/C=C/c1cc(F)c2c(c1)OC[C@@H]2Cc1nc2nc(O[C@@H]3CO[C@H]4[C@@H]3OC[C@H]4O)[nH]c2cc1Cl.COC/C=C/c1cc(F)c2c(c1)OC[C@H]2Cc1nc2nc(O[C@@H]3CO[C@H]4[C@@H]3OC[C@H]4O)[nH]c2cc1Cl. The van der Waals surface area contributed by atoms with Crippen LogP contribution in [0.2, 0.25) is 10.0 Å². The Morgan fingerprint density at radius 2 is 1.03 bits per heavy atom. The van der Waals surface area contributed by atoms with Gasteiger partial charge in [0, 0.05) is 50.0 Å². The third-order valence-corrected chi connectivity index (χ3v) is 14.0. The van der Waals surface area contributed by atoms with E-state index in [1.54, 1.807) is 38.5 Å². The number of fused-ring (bicyclic) bond motifs is 6. The van der Waals surface area contributed by atoms with Crippen LogP contribution in [0.1, 0.15) is 45.5 Å². The van der Waals surface area contributed by atoms with Crippen LogP contribution in [0.15, 0.2) is 48.6 Å². The summed E-state index contributed by atoms with van der Waals surface area (Å²) in [5.74, 6) is -0.0468. The summed E-state index contributed by atoms with van der Waals surface area (Å²) in [7, 11) is 3.20. The maximum atomic E-state index is 15.0. The van der Waals surface area contributed by atoms with Crippen LogP contribution in [0.25, 0.3) is 34.5 Å². The van der Waals surface area contributed by atoms with E-state index in [0.717, 1.165) is 0 Å². The van der Waals surface area contributed by atoms with E-state index in [2.05, 4.69) is 29.9 Å². The van der Waals surface area contributed by atoms with Crippen molar-refractivity contribution in [2.45, 2.75) is 73.5 Å². The zero-order chi connectivity index (χ0) is 49.6. The number of halogens is 4. The number of imidazole rings is 2. The molecular weight excluding hydrogens is 985 g/mol. The highest BCUT2D eigenvalue weighted by Gasteiger charge is 2.50. The number of nitrogens with one attached hydrogen (secondary N) is 2. The fraction of sp³-hybridized carbons (Fsp3) is 0.440. The molecule has 10 heterocycles. The minimum absolute atomic E-state index is 0.219. The van der Waals surface area contributed by atoms with Gasteiger partial charge in [0.1, 0.15) is 59.8 Å². The lowest BCUT2D eigenvalue weighted by Crippen LogP contribution is -2.34. The topological polar surface area (TPSA) is 216 Å². The molecule has 0 radical (unpaired) electrons. The Hall–Kier alpha value is -5.52. The number of aromatic nitrogens is 6. The number of aromatic amines is 2. The first-order chi connectivity index (χ1) is 35.0. The highest BCUT2D eigenvalue weighted by atomic mass is 35.5. The summed E-state index contributed by atoms with van der Waals surface area (Å²) in [4.78, 5) is 24.3. The minimum atomic E-state index is -0.657. The van der Waals surface area contributed by atoms with Gasteiger partial charge in [-0.15, -0.1) is 0 Å². The molecule has 6 aliphatic rings. The van der Waals surface area contributed by atoms with E-state index < -0.39 is 36.6 Å². The number of aliphatic hydroxyl groups excluding tert-OH is 2. The van der Waals surface area contributed by atoms with Crippen LogP contribution in [-0.4, -0.2) is 156 Å². The molecule has 4 fully saturated rings. The monoisotopic (exact) mass is 1030 g/mol. The fourth-order valence-electron chi connectivity index (χ4n) is 9.99. The van der Waals surface area contributed by atoms with E-state index in [1.165, 1.54) is 12.1 Å². The van der Waals surface area contributed by atoms with Crippen molar-refractivity contribution in [2.24, 2.45) is 0 Å². The molecule has 0 bridgehead atoms. The third kappa shape index (κ3) is 9.84. The molecule has 22 heteroatoms. The Balaban J connectivity index is 0.000000156. The molecule has 4 N–H and O–H groups in total. The molecule has 0 aliphatic carbocycles. The second kappa shape index (κ2) is 20.8. The summed E-state index contributed by atoms with van der Waals surface area (Å²) in [5, 5.41) is 20.7. The number of rotatable bonds is 14. The van der Waals surface area contributed by atoms with Crippen molar-refractivity contribution < 1.29 is 66.4 Å². The average molecular weight is 1040 g/mol. The first-order valence-corrected chi connectivity index (χ1v) is 24.2. The van der Waals surface area contributed by atoms with Gasteiger partial charge in [-0.05, 0) is 47.5 Å². The Morgan fingerprint density at radius 1 is 0.597 bits per heavy atom. The van der Waals surface area contributed by atoms with E-state index in [-0.39, 0.29) is 60.9 Å². The zero-order valence-corrected chi connectivity index (χ0v) is 40.4. The van der Waals surface area contributed by atoms with E-state index in [4.69, 9.17) is 70.6 Å². The summed E-state index contributed by atoms with van der Waals surface area (Å²) in [6.45, 7) is 2.57. The van der Waals surface area contributed by atoms with Crippen molar-refractivity contribution in [3.8, 4) is 23.5 Å². The van der Waals surface area contributed by atoms with Gasteiger partial charge in [0.2, 0.25) is 0 Å². The first-order valence-electron chi connectivity index (χ1n) is 23.5. The molecule has 6 aromatic rings. The van der Waals surface area contributed by atoms with Crippen LogP contribution in [0, 0.1) is 11.6 Å². The highest BCUT2D eigenvalue weighted by molar-refractivity contribution is 6.32. The number of H-pyrrole nitrogens is 2. The molecule has 4 saturated heterocycles. The van der Waals surface area contributed by atoms with Crippen molar-refractivity contribution in [1.82, 2.24) is 29.9 Å². The number of methoxy groups -OCH3 is 2. The van der Waals surface area contributed by atoms with E-state index in [9.17, 15) is 10.2 Å². The van der Waals surface area contributed by atoms with Gasteiger partial charge in [-0.1, -0.05) is 47.5 Å². The largest absolute Gasteiger partial charge is 0.493 e. The van der Waals surface area contributed by atoms with Crippen LogP contribution in [-0.2, 0) is 41.3 Å². The van der Waals surface area contributed by atoms with Gasteiger partial charge < -0.3 is 67.5 Å². The van der Waals surface area contributed by atoms with Gasteiger partial charge in [0.05, 0.1) is 85.3 Å². The van der Waals surface area contributed by atoms with Crippen LogP contribution in [0.5, 0.6) is 23.5 Å². The van der Waals surface area contributed by atoms with Crippen LogP contribution >= 0.6 is 23.2 Å². The number of nitrogens with zero attached hydrogens (tertiary/aromatic N) is 4. The predicted molar refractivity (Wildman–Crippen MR) is 256 cm³/mol. The summed E-state index contributed by atoms with van der Waals surface area (Å²) in [5.41, 5.74) is 5.76. The number of pyridine rings is 2. The molecule has 380 valence electrons. The molecule has 4 aromatic heterocycles. The highest BCUT2D eigenvalue weighted by Crippen LogP contribution is 2.42. The molecule has 2 aromatic carbocycles. The lowest BCUT2D eigenvalue weighted by molar-refractivity contribution is 0.00703. The Kier molecular flexibility index (Phi) is 14.1. The van der Waals surface area contributed by atoms with E-state index in [0.29, 0.717) is 130 Å². The van der Waals surface area contributed by atoms with Gasteiger partial charge in [-0.3, -0.25) is 0 Å². The van der Waals surface area contributed by atoms with Gasteiger partial charge in [0.15, 0.2) is 23.5 Å². The fourth-order valence-corrected chi connectivity index (χ4v) is 10.4. The normalized spacial score (nSPS) is 27.1.